The first kappa shape index (κ1) is 32.2. The van der Waals surface area contributed by atoms with E-state index in [1.54, 1.807) is 36.4 Å². The molecular weight excluding hydrogens is 584 g/mol. The van der Waals surface area contributed by atoms with Crippen LogP contribution in [0, 0.1) is 13.8 Å². The number of sulfonamides is 1. The first-order chi connectivity index (χ1) is 21.0. The standard InChI is InChI=1S/C31H36N6O6S/c1-21-8-7-9-22(2)29(21)43-31(38)37(26-15-12-24(41-5)20-27(26)42-6)28-16-17-32-30(35-28)34-23-10-13-25(14-11-23)44(39,40)33-18-19-36(3)4/h7-17,20,33H,18-19H2,1-6H3,(H,32,34,35). The van der Waals surface area contributed by atoms with Gasteiger partial charge < -0.3 is 24.4 Å². The van der Waals surface area contributed by atoms with Gasteiger partial charge in [-0.25, -0.2) is 27.8 Å². The highest BCUT2D eigenvalue weighted by molar-refractivity contribution is 7.89. The molecule has 0 saturated carbocycles. The number of carbonyl (C=O) groups is 1. The molecule has 0 saturated heterocycles. The number of rotatable bonds is 12. The van der Waals surface area contributed by atoms with Crippen LogP contribution >= 0.6 is 0 Å². The number of nitrogens with zero attached hydrogens (tertiary/aromatic N) is 4. The summed E-state index contributed by atoms with van der Waals surface area (Å²) in [5, 5.41) is 3.07. The predicted molar refractivity (Wildman–Crippen MR) is 169 cm³/mol. The number of hydrogen-bond donors (Lipinski definition) is 2. The number of benzene rings is 3. The van der Waals surface area contributed by atoms with Crippen LogP contribution in [0.5, 0.6) is 17.2 Å². The predicted octanol–water partition coefficient (Wildman–Crippen LogP) is 5.03. The van der Waals surface area contributed by atoms with Crippen LogP contribution in [0.1, 0.15) is 11.1 Å². The van der Waals surface area contributed by atoms with Gasteiger partial charge in [0.15, 0.2) is 0 Å². The van der Waals surface area contributed by atoms with Crippen molar-refractivity contribution in [3.05, 3.63) is 84.1 Å². The molecule has 13 heteroatoms. The lowest BCUT2D eigenvalue weighted by Crippen LogP contribution is -2.31. The molecule has 3 aromatic carbocycles. The highest BCUT2D eigenvalue weighted by Crippen LogP contribution is 2.37. The van der Waals surface area contributed by atoms with Crippen LogP contribution in [0.15, 0.2) is 77.8 Å². The number of ether oxygens (including phenoxy) is 3. The smallest absolute Gasteiger partial charge is 0.425 e. The first-order valence-electron chi connectivity index (χ1n) is 13.7. The normalized spacial score (nSPS) is 11.2. The third-order valence-corrected chi connectivity index (χ3v) is 8.03. The summed E-state index contributed by atoms with van der Waals surface area (Å²) in [5.41, 5.74) is 2.50. The number of carbonyl (C=O) groups excluding carboxylic acids is 1. The maximum absolute atomic E-state index is 13.8. The first-order valence-corrected chi connectivity index (χ1v) is 15.2. The van der Waals surface area contributed by atoms with Gasteiger partial charge in [-0.2, -0.15) is 4.98 Å². The van der Waals surface area contributed by atoms with Crippen LogP contribution in [0.2, 0.25) is 0 Å². The average Bonchev–Trinajstić information content (AvgIpc) is 2.99. The van der Waals surface area contributed by atoms with E-state index in [0.29, 0.717) is 35.2 Å². The Bertz CT molecular complexity index is 1690. The van der Waals surface area contributed by atoms with Crippen molar-refractivity contribution in [3.8, 4) is 17.2 Å². The summed E-state index contributed by atoms with van der Waals surface area (Å²) in [6.07, 6.45) is 0.778. The maximum atomic E-state index is 13.8. The summed E-state index contributed by atoms with van der Waals surface area (Å²) >= 11 is 0. The SMILES string of the molecule is COc1ccc(N(C(=O)Oc2c(C)cccc2C)c2ccnc(Nc3ccc(S(=O)(=O)NCCN(C)C)cc3)n2)c(OC)c1. The lowest BCUT2D eigenvalue weighted by atomic mass is 10.1. The van der Waals surface area contributed by atoms with Gasteiger partial charge in [0, 0.05) is 37.1 Å². The summed E-state index contributed by atoms with van der Waals surface area (Å²) in [6.45, 7) is 4.58. The molecule has 4 rings (SSSR count). The number of nitrogens with one attached hydrogen (secondary N) is 2. The van der Waals surface area contributed by atoms with E-state index in [1.165, 1.54) is 37.4 Å². The number of aryl methyl sites for hydroxylation is 2. The van der Waals surface area contributed by atoms with Crippen LogP contribution in [0.3, 0.4) is 0 Å². The minimum Gasteiger partial charge on any atom is -0.497 e. The van der Waals surface area contributed by atoms with Crippen LogP contribution in [-0.4, -0.2) is 70.8 Å². The van der Waals surface area contributed by atoms with Crippen LogP contribution in [-0.2, 0) is 10.0 Å². The summed E-state index contributed by atoms with van der Waals surface area (Å²) in [7, 11) is 3.10. The zero-order valence-electron chi connectivity index (χ0n) is 25.5. The fourth-order valence-corrected chi connectivity index (χ4v) is 5.27. The molecule has 0 fully saturated rings. The zero-order chi connectivity index (χ0) is 31.9. The summed E-state index contributed by atoms with van der Waals surface area (Å²) in [4.78, 5) is 26.0. The van der Waals surface area contributed by atoms with E-state index in [2.05, 4.69) is 20.0 Å². The summed E-state index contributed by atoms with van der Waals surface area (Å²) < 4.78 is 44.7. The number of aromatic nitrogens is 2. The van der Waals surface area contributed by atoms with Crippen molar-refractivity contribution in [2.75, 3.05) is 51.6 Å². The molecule has 4 aromatic rings. The molecule has 0 spiro atoms. The largest absolute Gasteiger partial charge is 0.497 e. The number of likely N-dealkylation sites (N-methyl/N-ethyl adjacent to an activating group) is 1. The van der Waals surface area contributed by atoms with Crippen molar-refractivity contribution < 1.29 is 27.4 Å². The van der Waals surface area contributed by atoms with Gasteiger partial charge in [-0.15, -0.1) is 0 Å². The van der Waals surface area contributed by atoms with Crippen molar-refractivity contribution in [2.24, 2.45) is 0 Å². The quantitative estimate of drug-likeness (QED) is 0.222. The van der Waals surface area contributed by atoms with E-state index >= 15 is 0 Å². The Balaban J connectivity index is 1.65. The van der Waals surface area contributed by atoms with Crippen LogP contribution in [0.4, 0.5) is 27.9 Å². The maximum Gasteiger partial charge on any atom is 0.425 e. The van der Waals surface area contributed by atoms with Gasteiger partial charge >= 0.3 is 6.09 Å². The highest BCUT2D eigenvalue weighted by atomic mass is 32.2. The third kappa shape index (κ3) is 7.81. The van der Waals surface area contributed by atoms with Gasteiger partial charge in [0.2, 0.25) is 16.0 Å². The zero-order valence-corrected chi connectivity index (χ0v) is 26.3. The second-order valence-electron chi connectivity index (χ2n) is 10.1. The van der Waals surface area contributed by atoms with Crippen LogP contribution < -0.4 is 29.1 Å². The van der Waals surface area contributed by atoms with Gasteiger partial charge in [-0.1, -0.05) is 18.2 Å². The Morgan fingerprint density at radius 2 is 1.64 bits per heavy atom. The Labute approximate surface area is 257 Å². The molecule has 0 aliphatic heterocycles. The Kier molecular flexibility index (Phi) is 10.4. The molecule has 44 heavy (non-hydrogen) atoms. The monoisotopic (exact) mass is 620 g/mol. The minimum atomic E-state index is -3.66. The Hall–Kier alpha value is -4.72. The molecule has 1 heterocycles. The molecule has 232 valence electrons. The molecule has 1 aromatic heterocycles. The third-order valence-electron chi connectivity index (χ3n) is 6.55. The van der Waals surface area contributed by atoms with E-state index < -0.39 is 16.1 Å². The molecule has 0 atom stereocenters. The molecule has 12 nitrogen and oxygen atoms in total. The Morgan fingerprint density at radius 1 is 0.932 bits per heavy atom. The molecule has 0 radical (unpaired) electrons. The fraction of sp³-hybridized carbons (Fsp3) is 0.258. The number of hydrogen-bond acceptors (Lipinski definition) is 10. The average molecular weight is 621 g/mol. The molecule has 0 unspecified atom stereocenters. The molecule has 1 amide bonds. The summed E-state index contributed by atoms with van der Waals surface area (Å²) in [6, 6.07) is 18.4. The molecule has 2 N–H and O–H groups in total. The van der Waals surface area contributed by atoms with Crippen molar-refractivity contribution in [1.29, 1.82) is 0 Å². The van der Waals surface area contributed by atoms with Crippen LogP contribution in [0.25, 0.3) is 0 Å². The lowest BCUT2D eigenvalue weighted by molar-refractivity contribution is 0.209. The molecular formula is C31H36N6O6S. The van der Waals surface area contributed by atoms with Gasteiger partial charge in [-0.3, -0.25) is 0 Å². The number of para-hydroxylation sites is 1. The minimum absolute atomic E-state index is 0.128. The number of amides is 1. The van der Waals surface area contributed by atoms with Crippen molar-refractivity contribution in [2.45, 2.75) is 18.7 Å². The molecule has 0 aliphatic carbocycles. The lowest BCUT2D eigenvalue weighted by Gasteiger charge is -2.24. The van der Waals surface area contributed by atoms with Gasteiger partial charge in [0.25, 0.3) is 0 Å². The second-order valence-corrected chi connectivity index (χ2v) is 11.8. The summed E-state index contributed by atoms with van der Waals surface area (Å²) in [5.74, 6) is 1.70. The number of anilines is 4. The van der Waals surface area contributed by atoms with E-state index in [1.807, 2.05) is 51.0 Å². The van der Waals surface area contributed by atoms with Crippen molar-refractivity contribution in [1.82, 2.24) is 19.6 Å². The van der Waals surface area contributed by atoms with Gasteiger partial charge in [-0.05, 0) is 75.5 Å². The highest BCUT2D eigenvalue weighted by Gasteiger charge is 2.27. The van der Waals surface area contributed by atoms with Crippen molar-refractivity contribution in [3.63, 3.8) is 0 Å². The van der Waals surface area contributed by atoms with Gasteiger partial charge in [0.05, 0.1) is 24.8 Å². The molecule has 0 aliphatic rings. The van der Waals surface area contributed by atoms with Gasteiger partial charge in [0.1, 0.15) is 23.1 Å². The second kappa shape index (κ2) is 14.2. The van der Waals surface area contributed by atoms with E-state index in [0.717, 1.165) is 11.1 Å². The Morgan fingerprint density at radius 3 is 2.27 bits per heavy atom. The number of methoxy groups -OCH3 is 2. The topological polar surface area (TPSA) is 135 Å². The molecule has 0 bridgehead atoms. The van der Waals surface area contributed by atoms with E-state index in [4.69, 9.17) is 14.2 Å². The van der Waals surface area contributed by atoms with Crippen molar-refractivity contribution >= 4 is 39.3 Å². The fourth-order valence-electron chi connectivity index (χ4n) is 4.25. The van der Waals surface area contributed by atoms with E-state index in [-0.39, 0.29) is 23.2 Å². The van der Waals surface area contributed by atoms with E-state index in [9.17, 15) is 13.2 Å².